The van der Waals surface area contributed by atoms with Crippen molar-refractivity contribution in [1.82, 2.24) is 10.9 Å². The number of hydrogen-bond donors (Lipinski definition) is 2. The highest BCUT2D eigenvalue weighted by atomic mass is 79.9. The molecule has 0 radical (unpaired) electrons. The average molecular weight is 433 g/mol. The lowest BCUT2D eigenvalue weighted by atomic mass is 9.85. The Hall–Kier alpha value is -2.85. The van der Waals surface area contributed by atoms with Crippen LogP contribution in [0.2, 0.25) is 0 Å². The summed E-state index contributed by atoms with van der Waals surface area (Å²) < 4.78 is 0.966. The van der Waals surface area contributed by atoms with E-state index in [-0.39, 0.29) is 17.2 Å². The number of amides is 1. The first-order valence-corrected chi connectivity index (χ1v) is 10.0. The fourth-order valence-electron chi connectivity index (χ4n) is 3.83. The Morgan fingerprint density at radius 1 is 0.893 bits per heavy atom. The Balaban J connectivity index is 1.51. The molecule has 2 N–H and O–H groups in total. The lowest BCUT2D eigenvalue weighted by Crippen LogP contribution is -2.38. The predicted octanol–water partition coefficient (Wildman–Crippen LogP) is 5.05. The molecule has 0 saturated heterocycles. The van der Waals surface area contributed by atoms with Gasteiger partial charge in [-0.15, -0.1) is 0 Å². The van der Waals surface area contributed by atoms with Crippen LogP contribution >= 0.6 is 15.9 Å². The van der Waals surface area contributed by atoms with Gasteiger partial charge in [0.1, 0.15) is 0 Å². The van der Waals surface area contributed by atoms with E-state index in [1.54, 1.807) is 0 Å². The summed E-state index contributed by atoms with van der Waals surface area (Å²) in [4.78, 5) is 12.9. The van der Waals surface area contributed by atoms with E-state index >= 15 is 0 Å². The zero-order valence-electron chi connectivity index (χ0n) is 15.4. The second-order valence-corrected chi connectivity index (χ2v) is 7.98. The van der Waals surface area contributed by atoms with Crippen molar-refractivity contribution in [3.8, 4) is 0 Å². The van der Waals surface area contributed by atoms with Crippen LogP contribution in [0, 0.1) is 5.92 Å². The maximum atomic E-state index is 12.9. The summed E-state index contributed by atoms with van der Waals surface area (Å²) in [6.07, 6.45) is 0.790. The summed E-state index contributed by atoms with van der Waals surface area (Å²) in [5, 5.41) is 0. The highest BCUT2D eigenvalue weighted by Crippen LogP contribution is 2.58. The molecule has 0 bridgehead atoms. The first-order chi connectivity index (χ1) is 13.6. The number of benzene rings is 3. The fraction of sp³-hybridized carbons (Fsp3) is 0.125. The second kappa shape index (κ2) is 7.64. The number of rotatable bonds is 6. The minimum absolute atomic E-state index is 0.0242. The predicted molar refractivity (Wildman–Crippen MR) is 116 cm³/mol. The highest BCUT2D eigenvalue weighted by molar-refractivity contribution is 9.10. The lowest BCUT2D eigenvalue weighted by molar-refractivity contribution is -0.123. The van der Waals surface area contributed by atoms with E-state index in [1.807, 2.05) is 60.7 Å². The molecule has 3 aromatic rings. The quantitative estimate of drug-likeness (QED) is 0.535. The van der Waals surface area contributed by atoms with Gasteiger partial charge in [0.05, 0.1) is 11.6 Å². The Morgan fingerprint density at radius 3 is 2.07 bits per heavy atom. The molecule has 1 fully saturated rings. The van der Waals surface area contributed by atoms with Crippen molar-refractivity contribution in [2.45, 2.75) is 11.8 Å². The maximum absolute atomic E-state index is 12.9. The van der Waals surface area contributed by atoms with Crippen LogP contribution < -0.4 is 10.9 Å². The molecule has 1 aliphatic rings. The van der Waals surface area contributed by atoms with Crippen molar-refractivity contribution >= 4 is 27.5 Å². The lowest BCUT2D eigenvalue weighted by Gasteiger charge is -2.19. The van der Waals surface area contributed by atoms with Gasteiger partial charge in [-0.25, -0.2) is 0 Å². The van der Waals surface area contributed by atoms with Gasteiger partial charge in [-0.2, -0.15) is 0 Å². The summed E-state index contributed by atoms with van der Waals surface area (Å²) in [5.41, 5.74) is 9.47. The van der Waals surface area contributed by atoms with Crippen LogP contribution in [0.4, 0.5) is 0 Å². The van der Waals surface area contributed by atoms with Crippen molar-refractivity contribution < 1.29 is 4.79 Å². The monoisotopic (exact) mass is 432 g/mol. The minimum atomic E-state index is -0.272. The van der Waals surface area contributed by atoms with E-state index in [0.29, 0.717) is 5.70 Å². The van der Waals surface area contributed by atoms with Gasteiger partial charge in [0, 0.05) is 9.89 Å². The van der Waals surface area contributed by atoms with Crippen LogP contribution in [0.3, 0.4) is 0 Å². The fourth-order valence-corrected chi connectivity index (χ4v) is 4.23. The number of halogens is 1. The Bertz CT molecular complexity index is 962. The smallest absolute Gasteiger partial charge is 0.242 e. The van der Waals surface area contributed by atoms with Gasteiger partial charge in [0.15, 0.2) is 0 Å². The molecule has 0 aromatic heterocycles. The zero-order chi connectivity index (χ0) is 19.6. The summed E-state index contributed by atoms with van der Waals surface area (Å²) in [6, 6.07) is 28.3. The number of carbonyl (C=O) groups is 1. The molecule has 1 aliphatic carbocycles. The van der Waals surface area contributed by atoms with Gasteiger partial charge >= 0.3 is 0 Å². The maximum Gasteiger partial charge on any atom is 0.242 e. The topological polar surface area (TPSA) is 41.1 Å². The van der Waals surface area contributed by atoms with Gasteiger partial charge < -0.3 is 0 Å². The average Bonchev–Trinajstić information content (AvgIpc) is 3.50. The Labute approximate surface area is 173 Å². The van der Waals surface area contributed by atoms with Crippen molar-refractivity contribution in [3.05, 3.63) is 113 Å². The molecule has 0 spiro atoms. The molecular formula is C24H21BrN2O. The normalized spacial score (nSPS) is 16.8. The van der Waals surface area contributed by atoms with Crippen molar-refractivity contribution in [2.75, 3.05) is 0 Å². The third kappa shape index (κ3) is 3.48. The molecule has 3 aromatic carbocycles. The molecular weight excluding hydrogens is 412 g/mol. The van der Waals surface area contributed by atoms with Crippen LogP contribution in [0.5, 0.6) is 0 Å². The van der Waals surface area contributed by atoms with E-state index < -0.39 is 0 Å². The molecule has 1 atom stereocenters. The molecule has 4 rings (SSSR count). The molecule has 28 heavy (non-hydrogen) atoms. The summed E-state index contributed by atoms with van der Waals surface area (Å²) in [5.74, 6) is -0.149. The van der Waals surface area contributed by atoms with E-state index in [9.17, 15) is 4.79 Å². The first-order valence-electron chi connectivity index (χ1n) is 9.23. The van der Waals surface area contributed by atoms with Crippen LogP contribution in [-0.2, 0) is 10.2 Å². The molecule has 0 unspecified atom stereocenters. The van der Waals surface area contributed by atoms with Crippen molar-refractivity contribution in [3.63, 3.8) is 0 Å². The van der Waals surface area contributed by atoms with Gasteiger partial charge in [0.2, 0.25) is 5.91 Å². The molecule has 0 heterocycles. The second-order valence-electron chi connectivity index (χ2n) is 7.06. The van der Waals surface area contributed by atoms with Gasteiger partial charge in [-0.1, -0.05) is 95.3 Å². The number of hydrazine groups is 1. The van der Waals surface area contributed by atoms with Crippen LogP contribution in [0.25, 0.3) is 5.70 Å². The summed E-state index contributed by atoms with van der Waals surface area (Å²) in [6.45, 7) is 4.02. The standard InChI is InChI=1S/C24H21BrN2O/c1-17(18-9-8-14-21(25)15-18)26-27-23(28)22-16-24(22,19-10-4-2-5-11-19)20-12-6-3-7-13-20/h2-15,22,26H,1,16H2,(H,27,28)/t22-/m0/s1. The van der Waals surface area contributed by atoms with Gasteiger partial charge in [-0.3, -0.25) is 15.6 Å². The van der Waals surface area contributed by atoms with Crippen LogP contribution in [0.1, 0.15) is 23.1 Å². The SMILES string of the molecule is C=C(NNC(=O)[C@@H]1CC1(c1ccccc1)c1ccccc1)c1cccc(Br)c1. The van der Waals surface area contributed by atoms with E-state index in [2.05, 4.69) is 57.6 Å². The number of hydrogen-bond acceptors (Lipinski definition) is 2. The van der Waals surface area contributed by atoms with E-state index in [4.69, 9.17) is 0 Å². The van der Waals surface area contributed by atoms with Gasteiger partial charge in [0.25, 0.3) is 0 Å². The van der Waals surface area contributed by atoms with E-state index in [1.165, 1.54) is 11.1 Å². The molecule has 1 saturated carbocycles. The molecule has 4 heteroatoms. The zero-order valence-corrected chi connectivity index (χ0v) is 16.9. The van der Waals surface area contributed by atoms with Crippen LogP contribution in [-0.4, -0.2) is 5.91 Å². The molecule has 140 valence electrons. The summed E-state index contributed by atoms with van der Waals surface area (Å²) in [7, 11) is 0. The first kappa shape index (κ1) is 18.5. The van der Waals surface area contributed by atoms with Crippen molar-refractivity contribution in [2.24, 2.45) is 5.92 Å². The summed E-state index contributed by atoms with van der Waals surface area (Å²) >= 11 is 3.45. The largest absolute Gasteiger partial charge is 0.299 e. The molecule has 1 amide bonds. The third-order valence-corrected chi connectivity index (χ3v) is 5.86. The Kier molecular flexibility index (Phi) is 5.05. The highest BCUT2D eigenvalue weighted by Gasteiger charge is 2.60. The number of carbonyl (C=O) groups excluding carboxylic acids is 1. The van der Waals surface area contributed by atoms with Gasteiger partial charge in [-0.05, 0) is 35.2 Å². The molecule has 0 aliphatic heterocycles. The Morgan fingerprint density at radius 2 is 1.50 bits per heavy atom. The third-order valence-electron chi connectivity index (χ3n) is 5.36. The van der Waals surface area contributed by atoms with E-state index in [0.717, 1.165) is 16.5 Å². The van der Waals surface area contributed by atoms with Crippen molar-refractivity contribution in [1.29, 1.82) is 0 Å². The molecule has 3 nitrogen and oxygen atoms in total. The number of nitrogens with one attached hydrogen (secondary N) is 2. The minimum Gasteiger partial charge on any atom is -0.299 e. The van der Waals surface area contributed by atoms with Crippen LogP contribution in [0.15, 0.2) is 96.0 Å².